The topological polar surface area (TPSA) is 63.2 Å². The molecule has 0 aliphatic heterocycles. The van der Waals surface area contributed by atoms with Gasteiger partial charge in [0.15, 0.2) is 9.84 Å². The second kappa shape index (κ2) is 5.01. The third kappa shape index (κ3) is 3.11. The molecule has 0 fully saturated rings. The number of anilines is 1. The quantitative estimate of drug-likeness (QED) is 0.924. The van der Waals surface area contributed by atoms with Crippen molar-refractivity contribution in [3.05, 3.63) is 28.2 Å². The standard InChI is InChI=1S/C12H16BrNO3S/c1-8-5-6-10(9(13)7-8)14-11(15)12(2,3)18(4,16)17/h5-7H,1-4H3,(H,14,15). The molecule has 1 amide bonds. The Labute approximate surface area is 116 Å². The highest BCUT2D eigenvalue weighted by molar-refractivity contribution is 9.10. The first kappa shape index (κ1) is 15.2. The lowest BCUT2D eigenvalue weighted by molar-refractivity contribution is -0.117. The maximum atomic E-state index is 12.0. The molecule has 100 valence electrons. The number of aryl methyl sites for hydroxylation is 1. The van der Waals surface area contributed by atoms with Crippen molar-refractivity contribution < 1.29 is 13.2 Å². The summed E-state index contributed by atoms with van der Waals surface area (Å²) in [6, 6.07) is 5.42. The van der Waals surface area contributed by atoms with Crippen molar-refractivity contribution in [2.45, 2.75) is 25.5 Å². The molecule has 1 N–H and O–H groups in total. The first-order chi connectivity index (χ1) is 8.05. The van der Waals surface area contributed by atoms with Gasteiger partial charge in [-0.15, -0.1) is 0 Å². The Hall–Kier alpha value is -0.880. The molecule has 0 radical (unpaired) electrons. The summed E-state index contributed by atoms with van der Waals surface area (Å²) < 4.78 is 22.4. The highest BCUT2D eigenvalue weighted by Gasteiger charge is 2.38. The molecule has 0 aromatic heterocycles. The van der Waals surface area contributed by atoms with Crippen LogP contribution in [-0.4, -0.2) is 25.3 Å². The number of carbonyl (C=O) groups is 1. The summed E-state index contributed by atoms with van der Waals surface area (Å²) in [6.45, 7) is 4.70. The summed E-state index contributed by atoms with van der Waals surface area (Å²) in [5, 5.41) is 2.62. The highest BCUT2D eigenvalue weighted by Crippen LogP contribution is 2.25. The van der Waals surface area contributed by atoms with Crippen molar-refractivity contribution in [3.63, 3.8) is 0 Å². The molecule has 6 heteroatoms. The number of hydrogen-bond acceptors (Lipinski definition) is 3. The highest BCUT2D eigenvalue weighted by atomic mass is 79.9. The Morgan fingerprint density at radius 3 is 2.33 bits per heavy atom. The van der Waals surface area contributed by atoms with E-state index < -0.39 is 20.5 Å². The maximum Gasteiger partial charge on any atom is 0.245 e. The summed E-state index contributed by atoms with van der Waals surface area (Å²) in [5.74, 6) is -0.547. The van der Waals surface area contributed by atoms with Gasteiger partial charge in [-0.05, 0) is 54.4 Å². The number of sulfone groups is 1. The van der Waals surface area contributed by atoms with Crippen molar-refractivity contribution in [2.24, 2.45) is 0 Å². The number of rotatable bonds is 3. The first-order valence-corrected chi connectivity index (χ1v) is 8.01. The molecule has 1 rings (SSSR count). The van der Waals surface area contributed by atoms with E-state index in [0.29, 0.717) is 5.69 Å². The molecule has 0 saturated carbocycles. The zero-order valence-electron chi connectivity index (χ0n) is 10.7. The van der Waals surface area contributed by atoms with Gasteiger partial charge >= 0.3 is 0 Å². The van der Waals surface area contributed by atoms with E-state index in [1.165, 1.54) is 13.8 Å². The molecule has 0 saturated heterocycles. The van der Waals surface area contributed by atoms with Crippen LogP contribution >= 0.6 is 15.9 Å². The molecule has 0 bridgehead atoms. The third-order valence-electron chi connectivity index (χ3n) is 2.85. The van der Waals surface area contributed by atoms with Crippen LogP contribution in [0.4, 0.5) is 5.69 Å². The Morgan fingerprint density at radius 2 is 1.89 bits per heavy atom. The van der Waals surface area contributed by atoms with Crippen LogP contribution in [0.15, 0.2) is 22.7 Å². The van der Waals surface area contributed by atoms with E-state index in [1.54, 1.807) is 6.07 Å². The van der Waals surface area contributed by atoms with Crippen LogP contribution < -0.4 is 5.32 Å². The summed E-state index contributed by atoms with van der Waals surface area (Å²) >= 11 is 3.33. The fourth-order valence-electron chi connectivity index (χ4n) is 1.16. The summed E-state index contributed by atoms with van der Waals surface area (Å²) in [5.41, 5.74) is 1.60. The molecule has 4 nitrogen and oxygen atoms in total. The summed E-state index contributed by atoms with van der Waals surface area (Å²) in [4.78, 5) is 12.0. The number of benzene rings is 1. The molecular formula is C12H16BrNO3S. The van der Waals surface area contributed by atoms with Crippen LogP contribution in [-0.2, 0) is 14.6 Å². The second-order valence-corrected chi connectivity index (χ2v) is 8.14. The predicted octanol–water partition coefficient (Wildman–Crippen LogP) is 2.52. The van der Waals surface area contributed by atoms with Gasteiger partial charge in [0.25, 0.3) is 0 Å². The predicted molar refractivity (Wildman–Crippen MR) is 76.4 cm³/mol. The number of hydrogen-bond donors (Lipinski definition) is 1. The lowest BCUT2D eigenvalue weighted by Gasteiger charge is -2.21. The SMILES string of the molecule is Cc1ccc(NC(=O)C(C)(C)S(C)(=O)=O)c(Br)c1. The minimum absolute atomic E-state index is 0.547. The average molecular weight is 334 g/mol. The van der Waals surface area contributed by atoms with Crippen molar-refractivity contribution >= 4 is 37.4 Å². The van der Waals surface area contributed by atoms with Crippen LogP contribution in [0.1, 0.15) is 19.4 Å². The van der Waals surface area contributed by atoms with Crippen LogP contribution in [0.25, 0.3) is 0 Å². The second-order valence-electron chi connectivity index (χ2n) is 4.72. The summed E-state index contributed by atoms with van der Waals surface area (Å²) in [7, 11) is -3.47. The van der Waals surface area contributed by atoms with Gasteiger partial charge in [0.2, 0.25) is 5.91 Å². The largest absolute Gasteiger partial charge is 0.324 e. The number of nitrogens with one attached hydrogen (secondary N) is 1. The maximum absolute atomic E-state index is 12.0. The Bertz CT molecular complexity index is 579. The zero-order valence-corrected chi connectivity index (χ0v) is 13.1. The third-order valence-corrected chi connectivity index (χ3v) is 5.54. The van der Waals surface area contributed by atoms with Crippen LogP contribution in [0, 0.1) is 6.92 Å². The molecule has 0 aliphatic carbocycles. The van der Waals surface area contributed by atoms with Crippen LogP contribution in [0.5, 0.6) is 0 Å². The van der Waals surface area contributed by atoms with Gasteiger partial charge in [0.05, 0.1) is 5.69 Å². The number of carbonyl (C=O) groups excluding carboxylic acids is 1. The van der Waals surface area contributed by atoms with Gasteiger partial charge in [-0.2, -0.15) is 0 Å². The van der Waals surface area contributed by atoms with Gasteiger partial charge in [-0.1, -0.05) is 6.07 Å². The fourth-order valence-corrected chi connectivity index (χ4v) is 2.14. The number of amides is 1. The normalized spacial score (nSPS) is 12.3. The lowest BCUT2D eigenvalue weighted by Crippen LogP contribution is -2.43. The molecule has 0 atom stereocenters. The van der Waals surface area contributed by atoms with Gasteiger partial charge in [0, 0.05) is 10.7 Å². The van der Waals surface area contributed by atoms with Crippen molar-refractivity contribution in [1.29, 1.82) is 0 Å². The Balaban J connectivity index is 3.02. The zero-order chi connectivity index (χ0) is 14.1. The molecule has 1 aromatic carbocycles. The minimum atomic E-state index is -3.47. The number of halogens is 1. The first-order valence-electron chi connectivity index (χ1n) is 5.33. The fraction of sp³-hybridized carbons (Fsp3) is 0.417. The van der Waals surface area contributed by atoms with Crippen LogP contribution in [0.3, 0.4) is 0 Å². The summed E-state index contributed by atoms with van der Waals surface area (Å²) in [6.07, 6.45) is 1.05. The van der Waals surface area contributed by atoms with Crippen molar-refractivity contribution in [2.75, 3.05) is 11.6 Å². The van der Waals surface area contributed by atoms with E-state index in [-0.39, 0.29) is 0 Å². The molecule has 0 aliphatic rings. The Kier molecular flexibility index (Phi) is 4.23. The van der Waals surface area contributed by atoms with E-state index in [9.17, 15) is 13.2 Å². The Morgan fingerprint density at radius 1 is 1.33 bits per heavy atom. The average Bonchev–Trinajstić information content (AvgIpc) is 2.20. The van der Waals surface area contributed by atoms with E-state index in [2.05, 4.69) is 21.2 Å². The molecule has 1 aromatic rings. The van der Waals surface area contributed by atoms with E-state index in [4.69, 9.17) is 0 Å². The van der Waals surface area contributed by atoms with E-state index in [1.807, 2.05) is 19.1 Å². The van der Waals surface area contributed by atoms with Crippen molar-refractivity contribution in [3.8, 4) is 0 Å². The molecule has 18 heavy (non-hydrogen) atoms. The van der Waals surface area contributed by atoms with E-state index in [0.717, 1.165) is 16.3 Å². The van der Waals surface area contributed by atoms with Gasteiger partial charge in [-0.25, -0.2) is 8.42 Å². The molecule has 0 spiro atoms. The van der Waals surface area contributed by atoms with Gasteiger partial charge in [0.1, 0.15) is 4.75 Å². The molecule has 0 unspecified atom stereocenters. The molecular weight excluding hydrogens is 318 g/mol. The van der Waals surface area contributed by atoms with Gasteiger partial charge in [-0.3, -0.25) is 4.79 Å². The minimum Gasteiger partial charge on any atom is -0.324 e. The molecule has 0 heterocycles. The van der Waals surface area contributed by atoms with Crippen LogP contribution in [0.2, 0.25) is 0 Å². The monoisotopic (exact) mass is 333 g/mol. The van der Waals surface area contributed by atoms with Crippen molar-refractivity contribution in [1.82, 2.24) is 0 Å². The lowest BCUT2D eigenvalue weighted by atomic mass is 10.1. The smallest absolute Gasteiger partial charge is 0.245 e. The van der Waals surface area contributed by atoms with Gasteiger partial charge < -0.3 is 5.32 Å². The van der Waals surface area contributed by atoms with E-state index >= 15 is 0 Å².